The van der Waals surface area contributed by atoms with Crippen LogP contribution in [0, 0.1) is 0 Å². The molecule has 0 radical (unpaired) electrons. The lowest BCUT2D eigenvalue weighted by Gasteiger charge is -2.26. The summed E-state index contributed by atoms with van der Waals surface area (Å²) >= 11 is 0. The molecule has 0 bridgehead atoms. The summed E-state index contributed by atoms with van der Waals surface area (Å²) in [6.45, 7) is 0. The normalized spacial score (nSPS) is 10.9. The molecule has 0 saturated carbocycles. The van der Waals surface area contributed by atoms with Crippen LogP contribution < -0.4 is 15.9 Å². The number of hydrogen-bond acceptors (Lipinski definition) is 1. The highest BCUT2D eigenvalue weighted by molar-refractivity contribution is 8.93. The summed E-state index contributed by atoms with van der Waals surface area (Å²) in [7, 11) is -1.84. The Morgan fingerprint density at radius 2 is 0.962 bits per heavy atom. The van der Waals surface area contributed by atoms with Gasteiger partial charge < -0.3 is 4.42 Å². The third-order valence-corrected chi connectivity index (χ3v) is 8.89. The van der Waals surface area contributed by atoms with Crippen LogP contribution in [0.25, 0.3) is 0 Å². The fourth-order valence-electron chi connectivity index (χ4n) is 3.40. The molecule has 0 saturated heterocycles. The van der Waals surface area contributed by atoms with Gasteiger partial charge in [-0.3, -0.25) is 0 Å². The third-order valence-electron chi connectivity index (χ3n) is 4.56. The molecule has 0 N–H and O–H groups in total. The lowest BCUT2D eigenvalue weighted by molar-refractivity contribution is 0.529. The van der Waals surface area contributed by atoms with Crippen LogP contribution in [-0.4, -0.2) is 0 Å². The molecule has 0 amide bonds. The first kappa shape index (κ1) is 18.6. The van der Waals surface area contributed by atoms with Gasteiger partial charge in [-0.2, -0.15) is 0 Å². The van der Waals surface area contributed by atoms with Crippen LogP contribution in [0.4, 0.5) is 0 Å². The standard InChI is InChI=1S/C23H20OP.BrH/c1-4-12-21(13-5-1)25(19-20-11-10-18-24-20,22-14-6-2-7-15-22)23-16-8-3-9-17-23;/h1-18H,19H2;1H/q+1;. The number of halogens is 1. The Bertz CT molecular complexity index is 810. The van der Waals surface area contributed by atoms with E-state index in [1.807, 2.05) is 6.07 Å². The number of hydrogen-bond donors (Lipinski definition) is 0. The predicted molar refractivity (Wildman–Crippen MR) is 118 cm³/mol. The van der Waals surface area contributed by atoms with E-state index in [2.05, 4.69) is 97.1 Å². The molecule has 0 aliphatic rings. The Balaban J connectivity index is 0.00000196. The van der Waals surface area contributed by atoms with Crippen LogP contribution in [0.15, 0.2) is 114 Å². The van der Waals surface area contributed by atoms with Gasteiger partial charge in [0.1, 0.15) is 35.1 Å². The molecule has 130 valence electrons. The molecule has 0 aliphatic carbocycles. The van der Waals surface area contributed by atoms with Crippen molar-refractivity contribution in [1.29, 1.82) is 0 Å². The highest BCUT2D eigenvalue weighted by Gasteiger charge is 2.46. The molecule has 4 rings (SSSR count). The van der Waals surface area contributed by atoms with Crippen molar-refractivity contribution in [2.24, 2.45) is 0 Å². The van der Waals surface area contributed by atoms with Gasteiger partial charge >= 0.3 is 0 Å². The van der Waals surface area contributed by atoms with Crippen molar-refractivity contribution in [2.45, 2.75) is 6.16 Å². The molecule has 0 spiro atoms. The molecule has 26 heavy (non-hydrogen) atoms. The van der Waals surface area contributed by atoms with Crippen molar-refractivity contribution < 1.29 is 4.42 Å². The van der Waals surface area contributed by atoms with Crippen molar-refractivity contribution in [3.63, 3.8) is 0 Å². The van der Waals surface area contributed by atoms with E-state index in [4.69, 9.17) is 4.42 Å². The van der Waals surface area contributed by atoms with Crippen molar-refractivity contribution in [3.05, 3.63) is 115 Å². The molecule has 3 aromatic carbocycles. The zero-order valence-electron chi connectivity index (χ0n) is 14.4. The minimum atomic E-state index is -1.84. The molecule has 1 aromatic heterocycles. The lowest BCUT2D eigenvalue weighted by atomic mass is 10.4. The van der Waals surface area contributed by atoms with Crippen LogP contribution >= 0.6 is 24.2 Å². The van der Waals surface area contributed by atoms with Crippen molar-refractivity contribution in [2.75, 3.05) is 0 Å². The first-order valence-corrected chi connectivity index (χ1v) is 10.4. The minimum absolute atomic E-state index is 0. The van der Waals surface area contributed by atoms with Gasteiger partial charge in [0.25, 0.3) is 0 Å². The summed E-state index contributed by atoms with van der Waals surface area (Å²) in [5.74, 6) is 1.03. The second kappa shape index (κ2) is 8.49. The average Bonchev–Trinajstić information content (AvgIpc) is 3.21. The Morgan fingerprint density at radius 3 is 1.31 bits per heavy atom. The first-order valence-electron chi connectivity index (χ1n) is 8.47. The second-order valence-corrected chi connectivity index (χ2v) is 9.54. The topological polar surface area (TPSA) is 13.1 Å². The molecule has 0 aliphatic heterocycles. The summed E-state index contributed by atoms with van der Waals surface area (Å²) in [5.41, 5.74) is 0. The Labute approximate surface area is 165 Å². The Hall–Kier alpha value is -2.15. The number of rotatable bonds is 5. The van der Waals surface area contributed by atoms with E-state index in [0.29, 0.717) is 0 Å². The summed E-state index contributed by atoms with van der Waals surface area (Å²) in [6, 6.07) is 36.7. The van der Waals surface area contributed by atoms with Gasteiger partial charge in [-0.05, 0) is 48.5 Å². The quantitative estimate of drug-likeness (QED) is 0.394. The van der Waals surface area contributed by atoms with Gasteiger partial charge in [-0.25, -0.2) is 0 Å². The summed E-state index contributed by atoms with van der Waals surface area (Å²) in [5, 5.41) is 4.14. The molecule has 0 fully saturated rings. The van der Waals surface area contributed by atoms with Crippen LogP contribution in [-0.2, 0) is 6.16 Å². The van der Waals surface area contributed by atoms with Gasteiger partial charge in [0.15, 0.2) is 0 Å². The Morgan fingerprint density at radius 1 is 0.538 bits per heavy atom. The number of furan rings is 1. The second-order valence-electron chi connectivity index (χ2n) is 6.05. The molecule has 1 nitrogen and oxygen atoms in total. The first-order chi connectivity index (χ1) is 12.4. The molecule has 1 heterocycles. The Kier molecular flexibility index (Phi) is 6.08. The maximum absolute atomic E-state index is 5.78. The average molecular weight is 424 g/mol. The summed E-state index contributed by atoms with van der Waals surface area (Å²) in [4.78, 5) is 0. The van der Waals surface area contributed by atoms with Gasteiger partial charge in [0, 0.05) is 0 Å². The van der Waals surface area contributed by atoms with E-state index in [9.17, 15) is 0 Å². The van der Waals surface area contributed by atoms with Crippen LogP contribution in [0.3, 0.4) is 0 Å². The smallest absolute Gasteiger partial charge is 0.142 e. The molecular formula is C23H21BrOP+. The van der Waals surface area contributed by atoms with Gasteiger partial charge in [-0.1, -0.05) is 54.6 Å². The van der Waals surface area contributed by atoms with Crippen LogP contribution in [0.2, 0.25) is 0 Å². The lowest BCUT2D eigenvalue weighted by Crippen LogP contribution is -2.32. The molecule has 0 unspecified atom stereocenters. The van der Waals surface area contributed by atoms with Gasteiger partial charge in [0.05, 0.1) is 6.26 Å². The predicted octanol–water partition coefficient (Wildman–Crippen LogP) is 5.35. The van der Waals surface area contributed by atoms with E-state index < -0.39 is 7.26 Å². The fraction of sp³-hybridized carbons (Fsp3) is 0.0435. The third kappa shape index (κ3) is 3.53. The zero-order chi connectivity index (χ0) is 17.0. The highest BCUT2D eigenvalue weighted by Crippen LogP contribution is 2.58. The van der Waals surface area contributed by atoms with E-state index >= 15 is 0 Å². The van der Waals surface area contributed by atoms with E-state index in [0.717, 1.165) is 11.9 Å². The molecule has 4 aromatic rings. The van der Waals surface area contributed by atoms with Crippen molar-refractivity contribution >= 4 is 40.2 Å². The molecular weight excluding hydrogens is 403 g/mol. The van der Waals surface area contributed by atoms with Gasteiger partial charge in [-0.15, -0.1) is 17.0 Å². The van der Waals surface area contributed by atoms with Gasteiger partial charge in [0.2, 0.25) is 0 Å². The van der Waals surface area contributed by atoms with Crippen molar-refractivity contribution in [3.8, 4) is 0 Å². The van der Waals surface area contributed by atoms with E-state index in [1.54, 1.807) is 6.26 Å². The molecule has 0 atom stereocenters. The largest absolute Gasteiger partial charge is 0.465 e. The summed E-state index contributed by atoms with van der Waals surface area (Å²) < 4.78 is 5.78. The highest BCUT2D eigenvalue weighted by atomic mass is 79.9. The SMILES string of the molecule is Br.c1ccc([P+](Cc2ccco2)(c2ccccc2)c2ccccc2)cc1. The zero-order valence-corrected chi connectivity index (χ0v) is 17.0. The minimum Gasteiger partial charge on any atom is -0.465 e. The maximum Gasteiger partial charge on any atom is 0.142 e. The molecule has 3 heteroatoms. The van der Waals surface area contributed by atoms with Crippen LogP contribution in [0.5, 0.6) is 0 Å². The fourth-order valence-corrected chi connectivity index (χ4v) is 7.54. The van der Waals surface area contributed by atoms with Crippen LogP contribution in [0.1, 0.15) is 5.76 Å². The monoisotopic (exact) mass is 423 g/mol. The van der Waals surface area contributed by atoms with Crippen molar-refractivity contribution in [1.82, 2.24) is 0 Å². The van der Waals surface area contributed by atoms with E-state index in [-0.39, 0.29) is 17.0 Å². The van der Waals surface area contributed by atoms with E-state index in [1.165, 1.54) is 15.9 Å². The maximum atomic E-state index is 5.78. The number of benzene rings is 3. The summed E-state index contributed by atoms with van der Waals surface area (Å²) in [6.07, 6.45) is 2.66.